The van der Waals surface area contributed by atoms with Crippen LogP contribution in [-0.2, 0) is 11.8 Å². The number of likely N-dealkylation sites (tertiary alicyclic amines) is 1. The molecule has 1 saturated heterocycles. The molecule has 5 aliphatic rings. The summed E-state index contributed by atoms with van der Waals surface area (Å²) in [7, 11) is 2.39. The van der Waals surface area contributed by atoms with Crippen molar-refractivity contribution >= 4 is 0 Å². The number of benzene rings is 1. The number of rotatable bonds is 2. The molecule has 2 heterocycles. The van der Waals surface area contributed by atoms with Crippen LogP contribution in [0.5, 0.6) is 11.5 Å². The Morgan fingerprint density at radius 2 is 2.08 bits per heavy atom. The van der Waals surface area contributed by atoms with Gasteiger partial charge in [0.2, 0.25) is 0 Å². The number of ether oxygens (including phenoxy) is 1. The summed E-state index contributed by atoms with van der Waals surface area (Å²) < 4.78 is 7.34. The molecule has 4 nitrogen and oxygen atoms in total. The summed E-state index contributed by atoms with van der Waals surface area (Å²) in [5, 5.41) is 22.6. The van der Waals surface area contributed by atoms with Crippen LogP contribution in [0.4, 0.5) is 0 Å². The molecular formula is C21H28NO3+. The van der Waals surface area contributed by atoms with Crippen molar-refractivity contribution in [3.8, 4) is 11.5 Å². The largest absolute Gasteiger partial charge is 0.504 e. The van der Waals surface area contributed by atoms with Crippen molar-refractivity contribution in [1.82, 2.24) is 0 Å². The Hall–Kier alpha value is -1.26. The van der Waals surface area contributed by atoms with Crippen LogP contribution < -0.4 is 4.74 Å². The highest BCUT2D eigenvalue weighted by Crippen LogP contribution is 2.66. The minimum absolute atomic E-state index is 0.0331. The molecule has 2 aliphatic heterocycles. The molecule has 2 bridgehead atoms. The van der Waals surface area contributed by atoms with Crippen molar-refractivity contribution in [2.75, 3.05) is 20.1 Å². The molecule has 2 saturated carbocycles. The topological polar surface area (TPSA) is 49.7 Å². The number of quaternary nitrogens is 1. The van der Waals surface area contributed by atoms with Crippen LogP contribution in [0, 0.1) is 5.92 Å². The number of hydrogen-bond acceptors (Lipinski definition) is 3. The van der Waals surface area contributed by atoms with Crippen LogP contribution in [0.25, 0.3) is 0 Å². The van der Waals surface area contributed by atoms with E-state index in [9.17, 15) is 10.2 Å². The van der Waals surface area contributed by atoms with Crippen LogP contribution in [0.1, 0.15) is 49.7 Å². The first-order chi connectivity index (χ1) is 12.0. The second-order valence-corrected chi connectivity index (χ2v) is 9.64. The van der Waals surface area contributed by atoms with Gasteiger partial charge in [-0.25, -0.2) is 0 Å². The third-order valence-corrected chi connectivity index (χ3v) is 8.38. The van der Waals surface area contributed by atoms with Gasteiger partial charge < -0.3 is 19.4 Å². The summed E-state index contributed by atoms with van der Waals surface area (Å²) in [5.74, 6) is 1.79. The van der Waals surface area contributed by atoms with E-state index < -0.39 is 5.60 Å². The van der Waals surface area contributed by atoms with Crippen molar-refractivity contribution in [3.05, 3.63) is 23.3 Å². The lowest BCUT2D eigenvalue weighted by Gasteiger charge is -2.64. The van der Waals surface area contributed by atoms with Crippen molar-refractivity contribution in [2.45, 2.75) is 68.1 Å². The maximum absolute atomic E-state index is 12.2. The zero-order valence-electron chi connectivity index (χ0n) is 15.0. The number of phenolic OH excluding ortho intramolecular Hbond substituents is 1. The Morgan fingerprint density at radius 1 is 1.24 bits per heavy atom. The predicted molar refractivity (Wildman–Crippen MR) is 93.8 cm³/mol. The predicted octanol–water partition coefficient (Wildman–Crippen LogP) is 2.49. The van der Waals surface area contributed by atoms with Crippen LogP contribution in [-0.4, -0.2) is 52.6 Å². The first-order valence-electron chi connectivity index (χ1n) is 10.1. The molecule has 134 valence electrons. The standard InChI is InChI=1S/C21H27NO3/c1-22(12-13-4-5-13)10-9-20-17-3-2-8-21(20,24)16(22)11-14-6-7-15(23)19(25-17)18(14)20/h6-7,13,16-17,24H,2-5,8-12H2,1H3/p+1/t16-,17?,20-,21-,22?/m1/s1. The maximum Gasteiger partial charge on any atom is 0.165 e. The van der Waals surface area contributed by atoms with Gasteiger partial charge in [0.15, 0.2) is 11.5 Å². The van der Waals surface area contributed by atoms with Gasteiger partial charge in [0.05, 0.1) is 25.6 Å². The number of phenols is 1. The smallest absolute Gasteiger partial charge is 0.165 e. The molecule has 0 radical (unpaired) electrons. The number of hydrogen-bond donors (Lipinski definition) is 2. The first kappa shape index (κ1) is 14.9. The van der Waals surface area contributed by atoms with Gasteiger partial charge in [-0.1, -0.05) is 6.07 Å². The first-order valence-corrected chi connectivity index (χ1v) is 10.1. The lowest BCUT2D eigenvalue weighted by molar-refractivity contribution is -0.950. The molecule has 5 atom stereocenters. The molecule has 2 N–H and O–H groups in total. The van der Waals surface area contributed by atoms with Crippen LogP contribution >= 0.6 is 0 Å². The van der Waals surface area contributed by atoms with Gasteiger partial charge in [0, 0.05) is 24.3 Å². The van der Waals surface area contributed by atoms with Gasteiger partial charge in [-0.2, -0.15) is 0 Å². The lowest BCUT2D eigenvalue weighted by Crippen LogP contribution is -2.79. The van der Waals surface area contributed by atoms with E-state index >= 15 is 0 Å². The normalized spacial score (nSPS) is 46.5. The summed E-state index contributed by atoms with van der Waals surface area (Å²) in [6.07, 6.45) is 7.56. The van der Waals surface area contributed by atoms with E-state index in [1.807, 2.05) is 0 Å². The van der Waals surface area contributed by atoms with Gasteiger partial charge in [-0.15, -0.1) is 0 Å². The Balaban J connectivity index is 1.58. The summed E-state index contributed by atoms with van der Waals surface area (Å²) in [5.41, 5.74) is 1.49. The molecular weight excluding hydrogens is 314 g/mol. The number of likely N-dealkylation sites (N-methyl/N-ethyl adjacent to an activating group) is 1. The van der Waals surface area contributed by atoms with Crippen molar-refractivity contribution < 1.29 is 19.4 Å². The van der Waals surface area contributed by atoms with Crippen molar-refractivity contribution in [1.29, 1.82) is 0 Å². The summed E-state index contributed by atoms with van der Waals surface area (Å²) in [6, 6.07) is 4.15. The Morgan fingerprint density at radius 3 is 2.88 bits per heavy atom. The minimum atomic E-state index is -0.691. The van der Waals surface area contributed by atoms with Crippen LogP contribution in [0.2, 0.25) is 0 Å². The quantitative estimate of drug-likeness (QED) is 0.812. The molecule has 1 spiro atoms. The molecule has 2 unspecified atom stereocenters. The minimum Gasteiger partial charge on any atom is -0.504 e. The van der Waals surface area contributed by atoms with Gasteiger partial charge >= 0.3 is 0 Å². The number of piperidine rings is 1. The van der Waals surface area contributed by atoms with Crippen molar-refractivity contribution in [2.24, 2.45) is 5.92 Å². The highest BCUT2D eigenvalue weighted by Gasteiger charge is 2.74. The molecule has 25 heavy (non-hydrogen) atoms. The third kappa shape index (κ3) is 1.58. The average Bonchev–Trinajstić information content (AvgIpc) is 3.30. The van der Waals surface area contributed by atoms with E-state index in [0.717, 1.165) is 54.6 Å². The fourth-order valence-corrected chi connectivity index (χ4v) is 7.15. The Bertz CT molecular complexity index is 775. The van der Waals surface area contributed by atoms with Gasteiger partial charge in [-0.05, 0) is 43.7 Å². The average molecular weight is 342 g/mol. The fraction of sp³-hybridized carbons (Fsp3) is 0.714. The van der Waals surface area contributed by atoms with Crippen LogP contribution in [0.3, 0.4) is 0 Å². The zero-order chi connectivity index (χ0) is 17.0. The second-order valence-electron chi connectivity index (χ2n) is 9.64. The Labute approximate surface area is 149 Å². The lowest BCUT2D eigenvalue weighted by atomic mass is 9.48. The Kier molecular flexibility index (Phi) is 2.58. The fourth-order valence-electron chi connectivity index (χ4n) is 7.15. The SMILES string of the molecule is C[N+]1(CC2CC2)CC[C@]23c4c5ccc(O)c4OC2CCC[C@@]3(O)[C@H]1C5. The molecule has 3 aliphatic carbocycles. The second kappa shape index (κ2) is 4.34. The monoisotopic (exact) mass is 342 g/mol. The molecule has 1 aromatic carbocycles. The molecule has 1 aromatic rings. The summed E-state index contributed by atoms with van der Waals surface area (Å²) in [6.45, 7) is 2.34. The van der Waals surface area contributed by atoms with E-state index in [1.54, 1.807) is 6.07 Å². The van der Waals surface area contributed by atoms with Gasteiger partial charge in [-0.3, -0.25) is 0 Å². The molecule has 6 rings (SSSR count). The molecule has 4 heteroatoms. The summed E-state index contributed by atoms with van der Waals surface area (Å²) in [4.78, 5) is 0. The molecule has 0 amide bonds. The van der Waals surface area contributed by atoms with E-state index in [2.05, 4.69) is 13.1 Å². The zero-order valence-corrected chi connectivity index (χ0v) is 15.0. The van der Waals surface area contributed by atoms with E-state index in [1.165, 1.54) is 24.9 Å². The highest BCUT2D eigenvalue weighted by molar-refractivity contribution is 5.61. The summed E-state index contributed by atoms with van der Waals surface area (Å²) >= 11 is 0. The van der Waals surface area contributed by atoms with E-state index in [-0.39, 0.29) is 23.3 Å². The van der Waals surface area contributed by atoms with Crippen LogP contribution in [0.15, 0.2) is 12.1 Å². The molecule has 3 fully saturated rings. The number of aromatic hydroxyl groups is 1. The van der Waals surface area contributed by atoms with Gasteiger partial charge in [0.25, 0.3) is 0 Å². The third-order valence-electron chi connectivity index (χ3n) is 8.38. The van der Waals surface area contributed by atoms with E-state index in [0.29, 0.717) is 5.75 Å². The maximum atomic E-state index is 12.2. The van der Waals surface area contributed by atoms with E-state index in [4.69, 9.17) is 4.74 Å². The number of aliphatic hydroxyl groups is 1. The van der Waals surface area contributed by atoms with Gasteiger partial charge in [0.1, 0.15) is 17.7 Å². The molecule has 0 aromatic heterocycles. The van der Waals surface area contributed by atoms with Crippen molar-refractivity contribution in [3.63, 3.8) is 0 Å². The highest BCUT2D eigenvalue weighted by atomic mass is 16.5. The number of nitrogens with zero attached hydrogens (tertiary/aromatic N) is 1.